The van der Waals surface area contributed by atoms with Gasteiger partial charge in [0.2, 0.25) is 0 Å². The summed E-state index contributed by atoms with van der Waals surface area (Å²) in [6, 6.07) is 7.87. The van der Waals surface area contributed by atoms with Gasteiger partial charge in [0.15, 0.2) is 0 Å². The van der Waals surface area contributed by atoms with E-state index in [1.54, 1.807) is 19.4 Å². The molecule has 0 aliphatic carbocycles. The van der Waals surface area contributed by atoms with Crippen LogP contribution in [0.1, 0.15) is 19.3 Å². The lowest BCUT2D eigenvalue weighted by molar-refractivity contribution is 0.249. The van der Waals surface area contributed by atoms with Crippen molar-refractivity contribution in [1.82, 2.24) is 15.2 Å². The number of benzene rings is 1. The van der Waals surface area contributed by atoms with Crippen LogP contribution in [0.25, 0.3) is 10.9 Å². The van der Waals surface area contributed by atoms with Crippen molar-refractivity contribution in [3.05, 3.63) is 30.5 Å². The molecule has 2 aromatic rings. The average Bonchev–Trinajstić information content (AvgIpc) is 3.00. The number of likely N-dealkylation sites (tertiary alicyclic amines) is 1. The first kappa shape index (κ1) is 16.5. The highest BCUT2D eigenvalue weighted by atomic mass is 16.5. The molecule has 1 aromatic heterocycles. The van der Waals surface area contributed by atoms with Crippen molar-refractivity contribution >= 4 is 22.6 Å². The number of anilines is 1. The van der Waals surface area contributed by atoms with Crippen LogP contribution in [0.4, 0.5) is 10.5 Å². The number of nitrogens with zero attached hydrogens (tertiary/aromatic N) is 2. The summed E-state index contributed by atoms with van der Waals surface area (Å²) in [5.74, 6) is 0.693. The lowest BCUT2D eigenvalue weighted by atomic mass is 10.1. The average molecular weight is 328 g/mol. The Labute approximate surface area is 142 Å². The van der Waals surface area contributed by atoms with E-state index in [0.29, 0.717) is 24.0 Å². The lowest BCUT2D eigenvalue weighted by Gasteiger charge is -2.19. The fourth-order valence-corrected chi connectivity index (χ4v) is 3.24. The van der Waals surface area contributed by atoms with Crippen molar-refractivity contribution in [2.75, 3.05) is 32.6 Å². The zero-order valence-corrected chi connectivity index (χ0v) is 14.2. The summed E-state index contributed by atoms with van der Waals surface area (Å²) in [7, 11) is 3.76. The Bertz CT molecular complexity index is 719. The largest absolute Gasteiger partial charge is 0.497 e. The molecular weight excluding hydrogens is 304 g/mol. The Kier molecular flexibility index (Phi) is 5.15. The van der Waals surface area contributed by atoms with Gasteiger partial charge < -0.3 is 20.3 Å². The third-order valence-corrected chi connectivity index (χ3v) is 4.60. The summed E-state index contributed by atoms with van der Waals surface area (Å²) in [5, 5.41) is 6.76. The maximum Gasteiger partial charge on any atom is 0.319 e. The van der Waals surface area contributed by atoms with Crippen LogP contribution in [0.2, 0.25) is 0 Å². The molecule has 2 N–H and O–H groups in total. The van der Waals surface area contributed by atoms with Crippen molar-refractivity contribution in [3.8, 4) is 5.75 Å². The number of ether oxygens (including phenoxy) is 1. The Morgan fingerprint density at radius 2 is 2.33 bits per heavy atom. The van der Waals surface area contributed by atoms with Gasteiger partial charge in [-0.2, -0.15) is 0 Å². The number of hydrogen-bond donors (Lipinski definition) is 2. The second kappa shape index (κ2) is 7.49. The molecule has 1 atom stereocenters. The fraction of sp³-hybridized carbons (Fsp3) is 0.444. The van der Waals surface area contributed by atoms with Gasteiger partial charge in [0.1, 0.15) is 5.75 Å². The molecule has 0 saturated carbocycles. The van der Waals surface area contributed by atoms with Gasteiger partial charge in [0, 0.05) is 30.2 Å². The topological polar surface area (TPSA) is 66.5 Å². The summed E-state index contributed by atoms with van der Waals surface area (Å²) in [4.78, 5) is 18.9. The summed E-state index contributed by atoms with van der Waals surface area (Å²) in [5.41, 5.74) is 1.41. The van der Waals surface area contributed by atoms with E-state index in [1.165, 1.54) is 12.8 Å². The monoisotopic (exact) mass is 328 g/mol. The molecule has 0 spiro atoms. The molecule has 128 valence electrons. The summed E-state index contributed by atoms with van der Waals surface area (Å²) in [6.45, 7) is 1.81. The number of pyridine rings is 1. The van der Waals surface area contributed by atoms with E-state index in [0.717, 1.165) is 23.9 Å². The molecular formula is C18H24N4O2. The number of carbonyl (C=O) groups is 1. The van der Waals surface area contributed by atoms with Gasteiger partial charge in [-0.3, -0.25) is 4.98 Å². The van der Waals surface area contributed by atoms with Crippen molar-refractivity contribution < 1.29 is 9.53 Å². The van der Waals surface area contributed by atoms with Crippen LogP contribution in [0, 0.1) is 0 Å². The summed E-state index contributed by atoms with van der Waals surface area (Å²) in [6.07, 6.45) is 5.15. The number of urea groups is 1. The normalized spacial score (nSPS) is 17.8. The number of hydrogen-bond acceptors (Lipinski definition) is 4. The highest BCUT2D eigenvalue weighted by Gasteiger charge is 2.20. The van der Waals surface area contributed by atoms with Gasteiger partial charge in [-0.1, -0.05) is 6.07 Å². The highest BCUT2D eigenvalue weighted by Crippen LogP contribution is 2.27. The van der Waals surface area contributed by atoms with Crippen LogP contribution in [-0.4, -0.2) is 49.2 Å². The molecule has 3 rings (SSSR count). The van der Waals surface area contributed by atoms with Gasteiger partial charge in [-0.05, 0) is 45.0 Å². The molecule has 0 bridgehead atoms. The van der Waals surface area contributed by atoms with Gasteiger partial charge in [-0.25, -0.2) is 4.79 Å². The zero-order chi connectivity index (χ0) is 16.9. The number of carbonyl (C=O) groups excluding carboxylic acids is 1. The smallest absolute Gasteiger partial charge is 0.319 e. The van der Waals surface area contributed by atoms with Crippen molar-refractivity contribution in [1.29, 1.82) is 0 Å². The molecule has 2 heterocycles. The van der Waals surface area contributed by atoms with Gasteiger partial charge >= 0.3 is 6.03 Å². The maximum absolute atomic E-state index is 12.2. The second-order valence-electron chi connectivity index (χ2n) is 6.20. The predicted octanol–water partition coefficient (Wildman–Crippen LogP) is 2.85. The first-order valence-corrected chi connectivity index (χ1v) is 8.35. The van der Waals surface area contributed by atoms with E-state index in [4.69, 9.17) is 4.74 Å². The standard InChI is InChI=1S/C18H24N4O2/c1-22-10-4-6-14(22)7-9-20-18(23)21-16-12-15(24-2)11-13-5-3-8-19-17(13)16/h3,5,8,11-12,14H,4,6-7,9-10H2,1-2H3,(H2,20,21,23)/t14-/m0/s1. The minimum Gasteiger partial charge on any atom is -0.497 e. The molecule has 2 amide bonds. The first-order chi connectivity index (χ1) is 11.7. The molecule has 0 unspecified atom stereocenters. The molecule has 1 fully saturated rings. The quantitative estimate of drug-likeness (QED) is 0.886. The van der Waals surface area contributed by atoms with E-state index in [2.05, 4.69) is 27.6 Å². The summed E-state index contributed by atoms with van der Waals surface area (Å²) < 4.78 is 5.30. The number of nitrogens with one attached hydrogen (secondary N) is 2. The number of amides is 2. The lowest BCUT2D eigenvalue weighted by Crippen LogP contribution is -2.34. The van der Waals surface area contributed by atoms with E-state index < -0.39 is 0 Å². The summed E-state index contributed by atoms with van der Waals surface area (Å²) >= 11 is 0. The number of methoxy groups -OCH3 is 1. The predicted molar refractivity (Wildman–Crippen MR) is 95.6 cm³/mol. The van der Waals surface area contributed by atoms with Crippen LogP contribution in [0.3, 0.4) is 0 Å². The van der Waals surface area contributed by atoms with Crippen molar-refractivity contribution in [2.24, 2.45) is 0 Å². The second-order valence-corrected chi connectivity index (χ2v) is 6.20. The van der Waals surface area contributed by atoms with E-state index >= 15 is 0 Å². The molecule has 1 saturated heterocycles. The van der Waals surface area contributed by atoms with Gasteiger partial charge in [-0.15, -0.1) is 0 Å². The number of aromatic nitrogens is 1. The van der Waals surface area contributed by atoms with E-state index in [9.17, 15) is 4.79 Å². The Hall–Kier alpha value is -2.34. The van der Waals surface area contributed by atoms with Crippen LogP contribution < -0.4 is 15.4 Å². The molecule has 24 heavy (non-hydrogen) atoms. The minimum absolute atomic E-state index is 0.212. The highest BCUT2D eigenvalue weighted by molar-refractivity contribution is 6.00. The van der Waals surface area contributed by atoms with Crippen molar-refractivity contribution in [3.63, 3.8) is 0 Å². The number of fused-ring (bicyclic) bond motifs is 1. The molecule has 6 nitrogen and oxygen atoms in total. The first-order valence-electron chi connectivity index (χ1n) is 8.35. The maximum atomic E-state index is 12.2. The SMILES string of the molecule is COc1cc(NC(=O)NCC[C@@H]2CCCN2C)c2ncccc2c1. The van der Waals surface area contributed by atoms with Crippen molar-refractivity contribution in [2.45, 2.75) is 25.3 Å². The molecule has 0 radical (unpaired) electrons. The fourth-order valence-electron chi connectivity index (χ4n) is 3.24. The third-order valence-electron chi connectivity index (χ3n) is 4.60. The number of rotatable bonds is 5. The Balaban J connectivity index is 1.62. The van der Waals surface area contributed by atoms with E-state index in [-0.39, 0.29) is 6.03 Å². The van der Waals surface area contributed by atoms with Crippen LogP contribution in [-0.2, 0) is 0 Å². The molecule has 6 heteroatoms. The Morgan fingerprint density at radius 1 is 1.46 bits per heavy atom. The third kappa shape index (κ3) is 3.76. The van der Waals surface area contributed by atoms with Gasteiger partial charge in [0.25, 0.3) is 0 Å². The minimum atomic E-state index is -0.212. The van der Waals surface area contributed by atoms with Gasteiger partial charge in [0.05, 0.1) is 18.3 Å². The Morgan fingerprint density at radius 3 is 3.08 bits per heavy atom. The molecule has 1 aliphatic heterocycles. The molecule has 1 aliphatic rings. The molecule has 1 aromatic carbocycles. The van der Waals surface area contributed by atoms with Crippen LogP contribution in [0.15, 0.2) is 30.5 Å². The van der Waals surface area contributed by atoms with Crippen LogP contribution in [0.5, 0.6) is 5.75 Å². The zero-order valence-electron chi connectivity index (χ0n) is 14.2. The van der Waals surface area contributed by atoms with Crippen LogP contribution >= 0.6 is 0 Å². The van der Waals surface area contributed by atoms with E-state index in [1.807, 2.05) is 18.2 Å².